The van der Waals surface area contributed by atoms with Crippen LogP contribution in [0.25, 0.3) is 12.2 Å². The van der Waals surface area contributed by atoms with Crippen LogP contribution in [-0.2, 0) is 4.79 Å². The lowest BCUT2D eigenvalue weighted by Crippen LogP contribution is -1.96. The summed E-state index contributed by atoms with van der Waals surface area (Å²) in [5, 5.41) is 0. The number of allylic oxidation sites excluding steroid dienone is 2. The van der Waals surface area contributed by atoms with Crippen LogP contribution in [0.1, 0.15) is 64.5 Å². The van der Waals surface area contributed by atoms with Gasteiger partial charge in [0.05, 0.1) is 0 Å². The lowest BCUT2D eigenvalue weighted by molar-refractivity contribution is -0.117. The Kier molecular flexibility index (Phi) is 8.50. The maximum absolute atomic E-state index is 11.0. The molecule has 1 rings (SSSR count). The Morgan fingerprint density at radius 3 is 2.32 bits per heavy atom. The van der Waals surface area contributed by atoms with Gasteiger partial charge >= 0.3 is 0 Å². The minimum Gasteiger partial charge on any atom is -0.300 e. The van der Waals surface area contributed by atoms with Crippen molar-refractivity contribution in [1.82, 2.24) is 0 Å². The molecule has 0 N–H and O–H groups in total. The smallest absolute Gasteiger partial charge is 0.129 e. The van der Waals surface area contributed by atoms with Gasteiger partial charge in [0, 0.05) is 6.42 Å². The average molecular weight is 298 g/mol. The van der Waals surface area contributed by atoms with Crippen molar-refractivity contribution in [1.29, 1.82) is 0 Å². The van der Waals surface area contributed by atoms with Crippen LogP contribution < -0.4 is 0 Å². The number of rotatable bonds is 9. The molecule has 0 fully saturated rings. The van der Waals surface area contributed by atoms with E-state index in [2.05, 4.69) is 69.3 Å². The second kappa shape index (κ2) is 10.2. The summed E-state index contributed by atoms with van der Waals surface area (Å²) in [6, 6.07) is 8.50. The van der Waals surface area contributed by atoms with Gasteiger partial charge in [0.1, 0.15) is 5.78 Å². The molecule has 1 nitrogen and oxygen atoms in total. The number of Topliss-reactive ketones (excluding diaryl/α,β-unsaturated/α-hetero) is 1. The molecule has 0 saturated heterocycles. The summed E-state index contributed by atoms with van der Waals surface area (Å²) < 4.78 is 0. The molecule has 0 aliphatic rings. The van der Waals surface area contributed by atoms with Crippen molar-refractivity contribution in [2.45, 2.75) is 53.4 Å². The van der Waals surface area contributed by atoms with Gasteiger partial charge in [0.2, 0.25) is 0 Å². The molecule has 1 heteroatoms. The fourth-order valence-corrected chi connectivity index (χ4v) is 2.36. The lowest BCUT2D eigenvalue weighted by atomic mass is 9.98. The maximum Gasteiger partial charge on any atom is 0.129 e. The molecule has 1 aromatic rings. The van der Waals surface area contributed by atoms with Crippen LogP contribution in [0.15, 0.2) is 36.4 Å². The molecule has 1 aromatic carbocycles. The van der Waals surface area contributed by atoms with E-state index in [1.165, 1.54) is 11.1 Å². The van der Waals surface area contributed by atoms with Gasteiger partial charge in [-0.2, -0.15) is 0 Å². The highest BCUT2D eigenvalue weighted by Gasteiger charge is 2.01. The third kappa shape index (κ3) is 7.97. The molecule has 0 aromatic heterocycles. The molecule has 1 atom stereocenters. The Balaban J connectivity index is 2.54. The molecule has 0 heterocycles. The van der Waals surface area contributed by atoms with Gasteiger partial charge < -0.3 is 4.79 Å². The van der Waals surface area contributed by atoms with E-state index in [-0.39, 0.29) is 0 Å². The number of benzene rings is 1. The Hall–Kier alpha value is -1.63. The van der Waals surface area contributed by atoms with Gasteiger partial charge in [-0.05, 0) is 49.1 Å². The topological polar surface area (TPSA) is 17.1 Å². The zero-order chi connectivity index (χ0) is 16.4. The van der Waals surface area contributed by atoms with Crippen LogP contribution in [0.5, 0.6) is 0 Å². The first-order valence-corrected chi connectivity index (χ1v) is 8.42. The zero-order valence-electron chi connectivity index (χ0n) is 14.5. The molecule has 0 amide bonds. The van der Waals surface area contributed by atoms with Crippen LogP contribution >= 0.6 is 0 Å². The second-order valence-corrected chi connectivity index (χ2v) is 6.57. The normalized spacial score (nSPS) is 13.3. The summed E-state index contributed by atoms with van der Waals surface area (Å²) in [5.41, 5.74) is 2.55. The number of hydrogen-bond acceptors (Lipinski definition) is 1. The summed E-state index contributed by atoms with van der Waals surface area (Å²) >= 11 is 0. The Morgan fingerprint density at radius 2 is 1.73 bits per heavy atom. The first kappa shape index (κ1) is 18.4. The number of carbonyl (C=O) groups excluding carboxylic acids is 1. The summed E-state index contributed by atoms with van der Waals surface area (Å²) in [7, 11) is 0. The van der Waals surface area contributed by atoms with Crippen LogP contribution in [0, 0.1) is 11.8 Å². The minimum absolute atomic E-state index is 0.300. The standard InChI is InChI=1S/C21H30O/c1-17(2)15-16-21-13-6-5-12-20(21)14-8-10-18(3)9-7-11-19(4)22/h5-6,8,12-18H,7,9-11H2,1-4H3/b14-8+,16-15+/t18-/m0/s1. The Labute approximate surface area is 136 Å². The summed E-state index contributed by atoms with van der Waals surface area (Å²) in [4.78, 5) is 11.0. The highest BCUT2D eigenvalue weighted by molar-refractivity contribution is 5.75. The van der Waals surface area contributed by atoms with E-state index < -0.39 is 0 Å². The van der Waals surface area contributed by atoms with Gasteiger partial charge in [-0.1, -0.05) is 69.3 Å². The highest BCUT2D eigenvalue weighted by atomic mass is 16.1. The van der Waals surface area contributed by atoms with Gasteiger partial charge in [0.15, 0.2) is 0 Å². The quantitative estimate of drug-likeness (QED) is 0.534. The van der Waals surface area contributed by atoms with Gasteiger partial charge in [-0.15, -0.1) is 0 Å². The monoisotopic (exact) mass is 298 g/mol. The number of carbonyl (C=O) groups is 1. The van der Waals surface area contributed by atoms with E-state index in [1.54, 1.807) is 6.92 Å². The summed E-state index contributed by atoms with van der Waals surface area (Å²) in [6.07, 6.45) is 12.9. The van der Waals surface area contributed by atoms with Crippen molar-refractivity contribution in [3.63, 3.8) is 0 Å². The van der Waals surface area contributed by atoms with Crippen LogP contribution in [0.2, 0.25) is 0 Å². The van der Waals surface area contributed by atoms with E-state index in [4.69, 9.17) is 0 Å². The summed E-state index contributed by atoms with van der Waals surface area (Å²) in [5.74, 6) is 1.50. The fourth-order valence-electron chi connectivity index (χ4n) is 2.36. The highest BCUT2D eigenvalue weighted by Crippen LogP contribution is 2.17. The SMILES string of the molecule is CC(=O)CCC[C@H](C)C/C=C/c1ccccc1/C=C/C(C)C. The van der Waals surface area contributed by atoms with E-state index in [9.17, 15) is 4.79 Å². The van der Waals surface area contributed by atoms with Crippen LogP contribution in [-0.4, -0.2) is 5.78 Å². The van der Waals surface area contributed by atoms with E-state index in [1.807, 2.05) is 0 Å². The van der Waals surface area contributed by atoms with Crippen molar-refractivity contribution >= 4 is 17.9 Å². The molecule has 120 valence electrons. The average Bonchev–Trinajstić information content (AvgIpc) is 2.45. The van der Waals surface area contributed by atoms with Crippen molar-refractivity contribution < 1.29 is 4.79 Å². The molecule has 22 heavy (non-hydrogen) atoms. The molecule has 0 unspecified atom stereocenters. The van der Waals surface area contributed by atoms with Crippen LogP contribution in [0.3, 0.4) is 0 Å². The van der Waals surface area contributed by atoms with Gasteiger partial charge in [-0.3, -0.25) is 0 Å². The minimum atomic E-state index is 0.300. The predicted octanol–water partition coefficient (Wildman–Crippen LogP) is 6.15. The lowest BCUT2D eigenvalue weighted by Gasteiger charge is -2.07. The van der Waals surface area contributed by atoms with Crippen LogP contribution in [0.4, 0.5) is 0 Å². The predicted molar refractivity (Wildman–Crippen MR) is 97.7 cm³/mol. The number of hydrogen-bond donors (Lipinski definition) is 0. The number of ketones is 1. The molecule has 0 spiro atoms. The van der Waals surface area contributed by atoms with Crippen molar-refractivity contribution in [3.8, 4) is 0 Å². The maximum atomic E-state index is 11.0. The first-order valence-electron chi connectivity index (χ1n) is 8.42. The fraction of sp³-hybridized carbons (Fsp3) is 0.476. The second-order valence-electron chi connectivity index (χ2n) is 6.57. The first-order chi connectivity index (χ1) is 10.5. The third-order valence-electron chi connectivity index (χ3n) is 3.72. The van der Waals surface area contributed by atoms with Crippen molar-refractivity contribution in [2.24, 2.45) is 11.8 Å². The van der Waals surface area contributed by atoms with Crippen molar-refractivity contribution in [3.05, 3.63) is 47.5 Å². The molecular formula is C21H30O. The molecule has 0 aliphatic carbocycles. The van der Waals surface area contributed by atoms with E-state index in [0.717, 1.165) is 25.7 Å². The summed E-state index contributed by atoms with van der Waals surface area (Å²) in [6.45, 7) is 8.32. The molecule has 0 radical (unpaired) electrons. The Morgan fingerprint density at radius 1 is 1.09 bits per heavy atom. The Bertz CT molecular complexity index is 508. The van der Waals surface area contributed by atoms with Gasteiger partial charge in [-0.25, -0.2) is 0 Å². The van der Waals surface area contributed by atoms with E-state index in [0.29, 0.717) is 17.6 Å². The zero-order valence-corrected chi connectivity index (χ0v) is 14.5. The third-order valence-corrected chi connectivity index (χ3v) is 3.72. The molecule has 0 bridgehead atoms. The van der Waals surface area contributed by atoms with Gasteiger partial charge in [0.25, 0.3) is 0 Å². The molecule has 0 saturated carbocycles. The molecular weight excluding hydrogens is 268 g/mol. The largest absolute Gasteiger partial charge is 0.300 e. The van der Waals surface area contributed by atoms with Crippen molar-refractivity contribution in [2.75, 3.05) is 0 Å². The van der Waals surface area contributed by atoms with E-state index >= 15 is 0 Å². The molecule has 0 aliphatic heterocycles.